The third kappa shape index (κ3) is 3.79. The Hall–Kier alpha value is -2.89. The second-order valence-electron chi connectivity index (χ2n) is 6.10. The van der Waals surface area contributed by atoms with Crippen molar-refractivity contribution in [1.82, 2.24) is 24.9 Å². The van der Waals surface area contributed by atoms with Crippen LogP contribution < -0.4 is 5.32 Å². The lowest BCUT2D eigenvalue weighted by atomic mass is 10.1. The highest BCUT2D eigenvalue weighted by molar-refractivity contribution is 5.94. The van der Waals surface area contributed by atoms with Gasteiger partial charge >= 0.3 is 0 Å². The number of hydrogen-bond donors (Lipinski definition) is 1. The van der Waals surface area contributed by atoms with Crippen LogP contribution in [0.4, 0.5) is 0 Å². The smallest absolute Gasteiger partial charge is 0.251 e. The van der Waals surface area contributed by atoms with E-state index in [0.29, 0.717) is 12.1 Å². The van der Waals surface area contributed by atoms with Gasteiger partial charge in [-0.15, -0.1) is 0 Å². The number of rotatable bonds is 6. The molecule has 0 radical (unpaired) electrons. The van der Waals surface area contributed by atoms with Gasteiger partial charge in [0.1, 0.15) is 0 Å². The van der Waals surface area contributed by atoms with Crippen molar-refractivity contribution in [1.29, 1.82) is 0 Å². The number of hydrogen-bond acceptors (Lipinski definition) is 3. The molecule has 1 N–H and O–H groups in total. The van der Waals surface area contributed by atoms with Gasteiger partial charge in [-0.05, 0) is 44.5 Å². The average molecular weight is 337 g/mol. The highest BCUT2D eigenvalue weighted by Crippen LogP contribution is 2.17. The van der Waals surface area contributed by atoms with E-state index in [1.54, 1.807) is 6.20 Å². The van der Waals surface area contributed by atoms with Gasteiger partial charge in [-0.1, -0.05) is 12.1 Å². The summed E-state index contributed by atoms with van der Waals surface area (Å²) in [6.07, 6.45) is 5.48. The number of carbonyl (C=O) groups is 1. The maximum absolute atomic E-state index is 12.6. The molecule has 0 fully saturated rings. The zero-order valence-electron chi connectivity index (χ0n) is 14.8. The molecular weight excluding hydrogens is 314 g/mol. The van der Waals surface area contributed by atoms with Crippen molar-refractivity contribution in [3.8, 4) is 0 Å². The summed E-state index contributed by atoms with van der Waals surface area (Å²) >= 11 is 0. The van der Waals surface area contributed by atoms with E-state index < -0.39 is 0 Å². The Labute approximate surface area is 147 Å². The molecule has 130 valence electrons. The summed E-state index contributed by atoms with van der Waals surface area (Å²) < 4.78 is 3.77. The van der Waals surface area contributed by atoms with E-state index in [1.165, 1.54) is 0 Å². The highest BCUT2D eigenvalue weighted by atomic mass is 16.1. The SMILES string of the molecule is CCn1ncc(C(C)NC(=O)c2cccc(Cn3cccn3)c2)c1C. The Morgan fingerprint density at radius 3 is 2.80 bits per heavy atom. The molecule has 0 spiro atoms. The molecular formula is C19H23N5O. The second-order valence-corrected chi connectivity index (χ2v) is 6.10. The Kier molecular flexibility index (Phi) is 4.97. The molecule has 2 heterocycles. The standard InChI is InChI=1S/C19H23N5O/c1-4-24-15(3)18(12-21-24)14(2)22-19(25)17-8-5-7-16(11-17)13-23-10-6-9-20-23/h5-12,14H,4,13H2,1-3H3,(H,22,25). The number of nitrogens with zero attached hydrogens (tertiary/aromatic N) is 4. The summed E-state index contributed by atoms with van der Waals surface area (Å²) in [6.45, 7) is 7.53. The minimum atomic E-state index is -0.0948. The lowest BCUT2D eigenvalue weighted by molar-refractivity contribution is 0.0939. The molecule has 6 nitrogen and oxygen atoms in total. The summed E-state index contributed by atoms with van der Waals surface area (Å²) in [4.78, 5) is 12.6. The molecule has 1 atom stereocenters. The first-order chi connectivity index (χ1) is 12.1. The van der Waals surface area contributed by atoms with Crippen LogP contribution in [0.15, 0.2) is 48.9 Å². The van der Waals surface area contributed by atoms with Crippen LogP contribution in [0.5, 0.6) is 0 Å². The monoisotopic (exact) mass is 337 g/mol. The maximum atomic E-state index is 12.6. The molecule has 0 aliphatic carbocycles. The van der Waals surface area contributed by atoms with E-state index in [1.807, 2.05) is 65.9 Å². The van der Waals surface area contributed by atoms with Crippen molar-refractivity contribution in [2.24, 2.45) is 0 Å². The van der Waals surface area contributed by atoms with Crippen molar-refractivity contribution in [2.45, 2.75) is 39.9 Å². The van der Waals surface area contributed by atoms with Crippen molar-refractivity contribution in [3.05, 3.63) is 71.3 Å². The Bertz CT molecular complexity index is 851. The number of carbonyl (C=O) groups excluding carboxylic acids is 1. The number of benzene rings is 1. The fraction of sp³-hybridized carbons (Fsp3) is 0.316. The first-order valence-corrected chi connectivity index (χ1v) is 8.48. The van der Waals surface area contributed by atoms with Gasteiger partial charge in [0.15, 0.2) is 0 Å². The minimum Gasteiger partial charge on any atom is -0.345 e. The molecule has 3 rings (SSSR count). The molecule has 2 aromatic heterocycles. The lowest BCUT2D eigenvalue weighted by Gasteiger charge is -2.14. The van der Waals surface area contributed by atoms with Crippen LogP contribution in [0, 0.1) is 6.92 Å². The molecule has 0 bridgehead atoms. The third-order valence-electron chi connectivity index (χ3n) is 4.35. The van der Waals surface area contributed by atoms with Crippen LogP contribution in [0.2, 0.25) is 0 Å². The van der Waals surface area contributed by atoms with E-state index >= 15 is 0 Å². The van der Waals surface area contributed by atoms with Gasteiger partial charge in [0, 0.05) is 35.8 Å². The van der Waals surface area contributed by atoms with Gasteiger partial charge in [0.05, 0.1) is 18.8 Å². The largest absolute Gasteiger partial charge is 0.345 e. The molecule has 1 aromatic carbocycles. The molecule has 0 aliphatic heterocycles. The zero-order valence-corrected chi connectivity index (χ0v) is 14.8. The quantitative estimate of drug-likeness (QED) is 0.752. The van der Waals surface area contributed by atoms with Crippen molar-refractivity contribution in [3.63, 3.8) is 0 Å². The first kappa shape index (κ1) is 17.0. The third-order valence-corrected chi connectivity index (χ3v) is 4.35. The summed E-state index contributed by atoms with van der Waals surface area (Å²) in [7, 11) is 0. The molecule has 3 aromatic rings. The number of amides is 1. The predicted molar refractivity (Wildman–Crippen MR) is 96.3 cm³/mol. The van der Waals surface area contributed by atoms with Gasteiger partial charge in [-0.2, -0.15) is 10.2 Å². The van der Waals surface area contributed by atoms with Crippen LogP contribution in [0.25, 0.3) is 0 Å². The van der Waals surface area contributed by atoms with Crippen LogP contribution in [0.1, 0.15) is 47.1 Å². The Morgan fingerprint density at radius 1 is 1.28 bits per heavy atom. The van der Waals surface area contributed by atoms with Crippen LogP contribution in [-0.2, 0) is 13.1 Å². The summed E-state index contributed by atoms with van der Waals surface area (Å²) in [5.74, 6) is -0.0848. The molecule has 0 aliphatic rings. The van der Waals surface area contributed by atoms with E-state index in [9.17, 15) is 4.79 Å². The number of aromatic nitrogens is 4. The fourth-order valence-electron chi connectivity index (χ4n) is 2.95. The molecule has 6 heteroatoms. The van der Waals surface area contributed by atoms with Crippen molar-refractivity contribution >= 4 is 5.91 Å². The van der Waals surface area contributed by atoms with Crippen LogP contribution in [-0.4, -0.2) is 25.5 Å². The lowest BCUT2D eigenvalue weighted by Crippen LogP contribution is -2.27. The molecule has 0 saturated heterocycles. The van der Waals surface area contributed by atoms with Crippen LogP contribution >= 0.6 is 0 Å². The van der Waals surface area contributed by atoms with Gasteiger partial charge < -0.3 is 5.32 Å². The number of aryl methyl sites for hydroxylation is 1. The summed E-state index contributed by atoms with van der Waals surface area (Å²) in [5, 5.41) is 11.6. The van der Waals surface area contributed by atoms with E-state index in [0.717, 1.165) is 23.4 Å². The van der Waals surface area contributed by atoms with E-state index in [4.69, 9.17) is 0 Å². The summed E-state index contributed by atoms with van der Waals surface area (Å²) in [6, 6.07) is 9.43. The van der Waals surface area contributed by atoms with E-state index in [2.05, 4.69) is 22.4 Å². The average Bonchev–Trinajstić information content (AvgIpc) is 3.24. The van der Waals surface area contributed by atoms with Crippen LogP contribution in [0.3, 0.4) is 0 Å². The predicted octanol–water partition coefficient (Wildman–Crippen LogP) is 2.95. The van der Waals surface area contributed by atoms with Gasteiger partial charge in [-0.3, -0.25) is 14.2 Å². The maximum Gasteiger partial charge on any atom is 0.251 e. The normalized spacial score (nSPS) is 12.1. The van der Waals surface area contributed by atoms with E-state index in [-0.39, 0.29) is 11.9 Å². The van der Waals surface area contributed by atoms with Crippen molar-refractivity contribution < 1.29 is 4.79 Å². The molecule has 1 amide bonds. The molecule has 0 saturated carbocycles. The van der Waals surface area contributed by atoms with Gasteiger partial charge in [-0.25, -0.2) is 0 Å². The Morgan fingerprint density at radius 2 is 2.12 bits per heavy atom. The van der Waals surface area contributed by atoms with Crippen molar-refractivity contribution in [2.75, 3.05) is 0 Å². The van der Waals surface area contributed by atoms with Gasteiger partial charge in [0.25, 0.3) is 5.91 Å². The molecule has 25 heavy (non-hydrogen) atoms. The summed E-state index contributed by atoms with van der Waals surface area (Å²) in [5.41, 5.74) is 3.82. The second kappa shape index (κ2) is 7.34. The minimum absolute atomic E-state index is 0.0848. The Balaban J connectivity index is 1.71. The first-order valence-electron chi connectivity index (χ1n) is 8.48. The fourth-order valence-corrected chi connectivity index (χ4v) is 2.95. The molecule has 1 unspecified atom stereocenters. The highest BCUT2D eigenvalue weighted by Gasteiger charge is 2.16. The topological polar surface area (TPSA) is 64.7 Å². The zero-order chi connectivity index (χ0) is 17.8. The number of nitrogens with one attached hydrogen (secondary N) is 1. The van der Waals surface area contributed by atoms with Gasteiger partial charge in [0.2, 0.25) is 0 Å².